The number of carbonyl (C=O) groups is 4. The highest BCUT2D eigenvalue weighted by Crippen LogP contribution is 2.38. The van der Waals surface area contributed by atoms with Gasteiger partial charge in [-0.05, 0) is 87.5 Å². The average molecular weight is 792 g/mol. The number of amides is 4. The summed E-state index contributed by atoms with van der Waals surface area (Å²) >= 11 is 6.12. The van der Waals surface area contributed by atoms with E-state index in [0.29, 0.717) is 64.4 Å². The zero-order valence-electron chi connectivity index (χ0n) is 30.7. The van der Waals surface area contributed by atoms with Crippen LogP contribution in [0.4, 0.5) is 34.1 Å². The number of nitrogens with one attached hydrogen (secondary N) is 1. The van der Waals surface area contributed by atoms with Crippen molar-refractivity contribution in [3.05, 3.63) is 58.1 Å². The standard InChI is InChI=1S/C38H49ClF3N7O6/c39-30-23-25(22-29(34(30)43)38(40,41)42)24-32(35(52)47-20-18-46(19-21-47)27-8-13-45(14-9-27)12-3-6-33(50)51)55-37(54)48-15-10-28(11-16-48)49-17-7-26-4-1-2-5-31(26)44-36(49)53/h1-2,4-5,22-23,27-28,32H,3,6-21,24,43H2,(H,44,53)(H,50,51). The number of alkyl halides is 3. The molecule has 4 heterocycles. The molecule has 4 aliphatic heterocycles. The van der Waals surface area contributed by atoms with E-state index < -0.39 is 41.5 Å². The number of hydrogen-bond acceptors (Lipinski definition) is 8. The molecule has 300 valence electrons. The van der Waals surface area contributed by atoms with Gasteiger partial charge in [-0.2, -0.15) is 13.2 Å². The van der Waals surface area contributed by atoms with E-state index in [2.05, 4.69) is 15.1 Å². The Morgan fingerprint density at radius 1 is 0.927 bits per heavy atom. The van der Waals surface area contributed by atoms with Gasteiger partial charge in [-0.1, -0.05) is 29.8 Å². The van der Waals surface area contributed by atoms with Crippen molar-refractivity contribution in [3.8, 4) is 0 Å². The molecule has 0 saturated carbocycles. The Balaban J connectivity index is 1.08. The Labute approximate surface area is 323 Å². The Morgan fingerprint density at radius 3 is 2.27 bits per heavy atom. The monoisotopic (exact) mass is 791 g/mol. The number of carboxylic acids is 1. The van der Waals surface area contributed by atoms with E-state index in [1.807, 2.05) is 24.3 Å². The molecule has 4 N–H and O–H groups in total. The topological polar surface area (TPSA) is 152 Å². The van der Waals surface area contributed by atoms with Crippen molar-refractivity contribution in [3.63, 3.8) is 0 Å². The SMILES string of the molecule is Nc1c(Cl)cc(CC(OC(=O)N2CCC(N3CCc4ccccc4NC3=O)CC2)C(=O)N2CCN(C3CCN(CCCC(=O)O)CC3)CC2)cc1C(F)(F)F. The molecule has 17 heteroatoms. The molecule has 2 aromatic carbocycles. The van der Waals surface area contributed by atoms with Crippen molar-refractivity contribution < 1.29 is 42.2 Å². The second-order valence-electron chi connectivity index (χ2n) is 14.8. The quantitative estimate of drug-likeness (QED) is 0.282. The van der Waals surface area contributed by atoms with E-state index in [0.717, 1.165) is 49.8 Å². The van der Waals surface area contributed by atoms with Crippen LogP contribution in [0.1, 0.15) is 55.2 Å². The van der Waals surface area contributed by atoms with Gasteiger partial charge in [0.1, 0.15) is 0 Å². The lowest BCUT2D eigenvalue weighted by molar-refractivity contribution is -0.143. The molecule has 0 aromatic heterocycles. The number of fused-ring (bicyclic) bond motifs is 1. The Bertz CT molecular complexity index is 1710. The molecule has 0 spiro atoms. The van der Waals surface area contributed by atoms with Crippen LogP contribution in [-0.2, 0) is 33.3 Å². The van der Waals surface area contributed by atoms with Crippen LogP contribution in [0.5, 0.6) is 0 Å². The van der Waals surface area contributed by atoms with Crippen molar-refractivity contribution in [2.45, 2.75) is 75.7 Å². The van der Waals surface area contributed by atoms with E-state index in [9.17, 15) is 32.3 Å². The highest BCUT2D eigenvalue weighted by Gasteiger charge is 2.38. The molecule has 0 aliphatic carbocycles. The van der Waals surface area contributed by atoms with Gasteiger partial charge in [-0.25, -0.2) is 9.59 Å². The number of nitrogens with zero attached hydrogens (tertiary/aromatic N) is 5. The van der Waals surface area contributed by atoms with Crippen LogP contribution in [0.3, 0.4) is 0 Å². The molecular formula is C38H49ClF3N7O6. The number of ether oxygens (including phenoxy) is 1. The number of likely N-dealkylation sites (tertiary alicyclic amines) is 2. The fourth-order valence-corrected chi connectivity index (χ4v) is 8.43. The van der Waals surface area contributed by atoms with Crippen molar-refractivity contribution >= 4 is 47.0 Å². The fraction of sp³-hybridized carbons (Fsp3) is 0.579. The number of para-hydroxylation sites is 1. The number of piperidine rings is 2. The maximum absolute atomic E-state index is 14.1. The second kappa shape index (κ2) is 17.7. The maximum atomic E-state index is 14.1. The summed E-state index contributed by atoms with van der Waals surface area (Å²) in [5.41, 5.74) is 5.80. The van der Waals surface area contributed by atoms with E-state index >= 15 is 0 Å². The summed E-state index contributed by atoms with van der Waals surface area (Å²) in [7, 11) is 0. The summed E-state index contributed by atoms with van der Waals surface area (Å²) in [6, 6.07) is 9.77. The molecule has 0 bridgehead atoms. The van der Waals surface area contributed by atoms with Crippen LogP contribution in [0.25, 0.3) is 0 Å². The molecule has 3 fully saturated rings. The first-order chi connectivity index (χ1) is 26.3. The van der Waals surface area contributed by atoms with Crippen LogP contribution in [0.2, 0.25) is 5.02 Å². The lowest BCUT2D eigenvalue weighted by Crippen LogP contribution is -2.56. The van der Waals surface area contributed by atoms with Gasteiger partial charge in [0, 0.05) is 76.4 Å². The summed E-state index contributed by atoms with van der Waals surface area (Å²) in [6.07, 6.45) is -3.02. The molecule has 1 unspecified atom stereocenters. The smallest absolute Gasteiger partial charge is 0.418 e. The number of nitrogens with two attached hydrogens (primary N) is 1. The number of urea groups is 1. The Kier molecular flexibility index (Phi) is 13.0. The third kappa shape index (κ3) is 10.1. The normalized spacial score (nSPS) is 20.1. The average Bonchev–Trinajstić information content (AvgIpc) is 3.33. The number of halogens is 4. The Hall–Kier alpha value is -4.28. The molecule has 13 nitrogen and oxygen atoms in total. The highest BCUT2D eigenvalue weighted by molar-refractivity contribution is 6.33. The lowest BCUT2D eigenvalue weighted by Gasteiger charge is -2.43. The number of rotatable bonds is 10. The van der Waals surface area contributed by atoms with Crippen molar-refractivity contribution in [1.29, 1.82) is 0 Å². The van der Waals surface area contributed by atoms with Crippen molar-refractivity contribution in [2.75, 3.05) is 76.5 Å². The third-order valence-electron chi connectivity index (χ3n) is 11.3. The van der Waals surface area contributed by atoms with E-state index in [4.69, 9.17) is 27.2 Å². The largest absolute Gasteiger partial charge is 0.481 e. The van der Waals surface area contributed by atoms with Crippen molar-refractivity contribution in [2.24, 2.45) is 0 Å². The summed E-state index contributed by atoms with van der Waals surface area (Å²) in [5.74, 6) is -1.30. The van der Waals surface area contributed by atoms with Gasteiger partial charge in [-0.3, -0.25) is 14.5 Å². The van der Waals surface area contributed by atoms with Crippen LogP contribution in [-0.4, -0.2) is 137 Å². The zero-order chi connectivity index (χ0) is 39.3. The maximum Gasteiger partial charge on any atom is 0.418 e. The van der Waals surface area contributed by atoms with Gasteiger partial charge in [0.15, 0.2) is 6.10 Å². The lowest BCUT2D eigenvalue weighted by atomic mass is 10.0. The summed E-state index contributed by atoms with van der Waals surface area (Å²) in [4.78, 5) is 61.2. The predicted octanol–water partition coefficient (Wildman–Crippen LogP) is 5.02. The summed E-state index contributed by atoms with van der Waals surface area (Å²) < 4.78 is 47.5. The summed E-state index contributed by atoms with van der Waals surface area (Å²) in [5, 5.41) is 11.6. The first-order valence-corrected chi connectivity index (χ1v) is 19.4. The number of hydrogen-bond donors (Lipinski definition) is 3. The first-order valence-electron chi connectivity index (χ1n) is 19.0. The van der Waals surface area contributed by atoms with Crippen molar-refractivity contribution in [1.82, 2.24) is 24.5 Å². The molecule has 4 amide bonds. The number of carbonyl (C=O) groups excluding carboxylic acids is 3. The number of benzene rings is 2. The number of aliphatic carboxylic acids is 1. The van der Waals surface area contributed by atoms with Gasteiger partial charge in [0.05, 0.1) is 16.3 Å². The zero-order valence-corrected chi connectivity index (χ0v) is 31.5. The Morgan fingerprint density at radius 2 is 1.60 bits per heavy atom. The minimum absolute atomic E-state index is 0.0540. The van der Waals surface area contributed by atoms with E-state index in [1.54, 1.807) is 9.80 Å². The molecular weight excluding hydrogens is 743 g/mol. The second-order valence-corrected chi connectivity index (χ2v) is 15.2. The first kappa shape index (κ1) is 40.4. The minimum Gasteiger partial charge on any atom is -0.481 e. The van der Waals surface area contributed by atoms with Crippen LogP contribution < -0.4 is 11.1 Å². The van der Waals surface area contributed by atoms with Gasteiger partial charge >= 0.3 is 24.3 Å². The fourth-order valence-electron chi connectivity index (χ4n) is 8.19. The van der Waals surface area contributed by atoms with Crippen LogP contribution >= 0.6 is 11.6 Å². The molecule has 3 saturated heterocycles. The molecule has 1 atom stereocenters. The molecule has 55 heavy (non-hydrogen) atoms. The summed E-state index contributed by atoms with van der Waals surface area (Å²) in [6.45, 7) is 5.42. The van der Waals surface area contributed by atoms with Crippen LogP contribution in [0.15, 0.2) is 36.4 Å². The molecule has 4 aliphatic rings. The number of anilines is 2. The van der Waals surface area contributed by atoms with E-state index in [-0.39, 0.29) is 48.6 Å². The number of piperazine rings is 1. The minimum atomic E-state index is -4.79. The van der Waals surface area contributed by atoms with Gasteiger partial charge < -0.3 is 40.5 Å². The van der Waals surface area contributed by atoms with Gasteiger partial charge in [0.2, 0.25) is 0 Å². The number of nitrogen functional groups attached to an aromatic ring is 1. The van der Waals surface area contributed by atoms with Crippen LogP contribution in [0, 0.1) is 0 Å². The number of carboxylic acid groups (broad SMARTS) is 1. The molecule has 2 aromatic rings. The van der Waals surface area contributed by atoms with E-state index in [1.165, 1.54) is 11.0 Å². The predicted molar refractivity (Wildman–Crippen MR) is 200 cm³/mol. The molecule has 6 rings (SSSR count). The van der Waals surface area contributed by atoms with Gasteiger partial charge in [0.25, 0.3) is 5.91 Å². The highest BCUT2D eigenvalue weighted by atomic mass is 35.5. The third-order valence-corrected chi connectivity index (χ3v) is 11.6. The van der Waals surface area contributed by atoms with Gasteiger partial charge in [-0.15, -0.1) is 0 Å². The molecule has 0 radical (unpaired) electrons.